The van der Waals surface area contributed by atoms with Gasteiger partial charge in [0.15, 0.2) is 11.6 Å². The summed E-state index contributed by atoms with van der Waals surface area (Å²) in [5, 5.41) is 32.4. The van der Waals surface area contributed by atoms with E-state index in [2.05, 4.69) is 42.5 Å². The first-order valence-electron chi connectivity index (χ1n) is 32.2. The van der Waals surface area contributed by atoms with Gasteiger partial charge >= 0.3 is 6.09 Å². The number of aliphatic hydroxyl groups is 1. The molecule has 6 aromatic rings. The van der Waals surface area contributed by atoms with Gasteiger partial charge in [-0.15, -0.1) is 0 Å². The number of aliphatic hydroxyl groups excluding tert-OH is 1. The van der Waals surface area contributed by atoms with Crippen molar-refractivity contribution in [2.45, 2.75) is 180 Å². The van der Waals surface area contributed by atoms with E-state index >= 15 is 9.18 Å². The number of halogens is 1. The van der Waals surface area contributed by atoms with Gasteiger partial charge in [-0.3, -0.25) is 43.1 Å². The number of benzene rings is 2. The number of aromatic nitrogens is 6. The molecule has 4 aliphatic rings. The fourth-order valence-corrected chi connectivity index (χ4v) is 13.0. The van der Waals surface area contributed by atoms with Gasteiger partial charge in [-0.2, -0.15) is 14.9 Å². The van der Waals surface area contributed by atoms with Gasteiger partial charge in [0.1, 0.15) is 35.2 Å². The van der Waals surface area contributed by atoms with E-state index in [4.69, 9.17) is 9.47 Å². The van der Waals surface area contributed by atoms with E-state index in [9.17, 15) is 38.7 Å². The normalized spacial score (nSPS) is 18.2. The maximum atomic E-state index is 15.6. The Morgan fingerprint density at radius 1 is 0.892 bits per heavy atom. The zero-order chi connectivity index (χ0) is 66.6. The van der Waals surface area contributed by atoms with E-state index in [1.54, 1.807) is 74.8 Å². The number of hydrogen-bond acceptors (Lipinski definition) is 15. The third kappa shape index (κ3) is 15.3. The fourth-order valence-electron chi connectivity index (χ4n) is 13.0. The number of anilines is 2. The molecule has 10 rings (SSSR count). The lowest BCUT2D eigenvalue weighted by Gasteiger charge is -2.36. The standard InChI is InChI=1S/C68H86FN13O11/c1-40(78(9)66(91)93-68(5,6)7)61(86)75-59(42-17-11-10-12-18-42)65(90)80-37-46(33-54(80)62(87)74-52-21-15-19-41-16-13-14-20-49(41)52)72-56(84)23-28-92-29-24-57(85)79-26-27-81-47(38-79)34-55(76-81)73-53-31-44(36-77(8)63(53)88)48-22-25-70-60(50(48)39-83)82-64(89)58-43(35-71-82)30-45(32-51(58)69)67(2,3)4/h13-14,16,20,22,25,30-32,34-36,40,42,46,52,54,59,83H,10-12,15,17-19,21,23-24,26-29,33,37-39H2,1-9H3,(H,72,84)(H,73,76)(H,74,87)(H,75,86)/t40-,46-,52+,54-,59-/m0/s1. The Morgan fingerprint density at radius 2 is 1.65 bits per heavy atom. The third-order valence-corrected chi connectivity index (χ3v) is 18.2. The molecule has 4 aromatic heterocycles. The molecule has 6 amide bonds. The predicted molar refractivity (Wildman–Crippen MR) is 346 cm³/mol. The molecule has 0 radical (unpaired) electrons. The SMILES string of the molecule is C[C@@H](C(=O)N[C@H](C(=O)N1C[C@@H](NC(=O)CCOCCC(=O)N2CCn3nc(Nc4cc(-c5ccnc(-n6ncc7cc(C(C)(C)C)cc(F)c7c6=O)c5CO)cn(C)c4=O)cc3C2)C[C@H]1C(=O)N[C@@H]1CCCc2ccccc21)C1CCCCC1)N(C)C(=O)OC(C)(C)C. The van der Waals surface area contributed by atoms with Crippen molar-refractivity contribution in [1.29, 1.82) is 0 Å². The van der Waals surface area contributed by atoms with Gasteiger partial charge in [-0.25, -0.2) is 14.2 Å². The molecule has 2 fully saturated rings. The number of rotatable bonds is 19. The van der Waals surface area contributed by atoms with E-state index < -0.39 is 65.7 Å². The number of likely N-dealkylation sites (tertiary alicyclic amines) is 1. The maximum Gasteiger partial charge on any atom is 0.410 e. The minimum absolute atomic E-state index is 0.00113. The summed E-state index contributed by atoms with van der Waals surface area (Å²) in [5.74, 6) is -2.43. The lowest BCUT2D eigenvalue weighted by Crippen LogP contribution is -2.59. The van der Waals surface area contributed by atoms with Crippen molar-refractivity contribution in [1.82, 2.24) is 59.8 Å². The minimum atomic E-state index is -0.994. The number of nitrogens with zero attached hydrogens (tertiary/aromatic N) is 9. The van der Waals surface area contributed by atoms with Crippen LogP contribution in [0.1, 0.15) is 147 Å². The molecular weight excluding hydrogens is 1190 g/mol. The Kier molecular flexibility index (Phi) is 20.3. The van der Waals surface area contributed by atoms with Gasteiger partial charge in [0, 0.05) is 74.6 Å². The number of carbonyl (C=O) groups is 6. The molecule has 24 nitrogen and oxygen atoms in total. The second-order valence-electron chi connectivity index (χ2n) is 27.0. The first kappa shape index (κ1) is 67.1. The van der Waals surface area contributed by atoms with Crippen molar-refractivity contribution < 1.29 is 47.7 Å². The molecule has 496 valence electrons. The molecule has 2 aromatic carbocycles. The Morgan fingerprint density at radius 3 is 2.39 bits per heavy atom. The molecule has 1 saturated heterocycles. The van der Waals surface area contributed by atoms with E-state index in [0.29, 0.717) is 59.5 Å². The topological polar surface area (TPSA) is 287 Å². The first-order chi connectivity index (χ1) is 44.3. The maximum absolute atomic E-state index is 15.6. The van der Waals surface area contributed by atoms with Gasteiger partial charge in [-0.05, 0) is 124 Å². The molecule has 1 saturated carbocycles. The quantitative estimate of drug-likeness (QED) is 0.0524. The van der Waals surface area contributed by atoms with E-state index in [1.165, 1.54) is 39.9 Å². The van der Waals surface area contributed by atoms with Gasteiger partial charge in [-0.1, -0.05) is 64.3 Å². The summed E-state index contributed by atoms with van der Waals surface area (Å²) in [6.45, 7) is 13.0. The monoisotopic (exact) mass is 1280 g/mol. The summed E-state index contributed by atoms with van der Waals surface area (Å²) in [7, 11) is 3.05. The van der Waals surface area contributed by atoms with Crippen molar-refractivity contribution in [3.05, 3.63) is 128 Å². The molecule has 0 bridgehead atoms. The third-order valence-electron chi connectivity index (χ3n) is 18.2. The predicted octanol–water partition coefficient (Wildman–Crippen LogP) is 6.75. The number of aryl methyl sites for hydroxylation is 2. The molecular formula is C68H86FN13O11. The number of ether oxygens (including phenoxy) is 2. The van der Waals surface area contributed by atoms with E-state index in [1.807, 2.05) is 39.0 Å². The van der Waals surface area contributed by atoms with Crippen LogP contribution < -0.4 is 32.4 Å². The number of fused-ring (bicyclic) bond motifs is 3. The van der Waals surface area contributed by atoms with Crippen molar-refractivity contribution in [3.8, 4) is 16.9 Å². The van der Waals surface area contributed by atoms with Crippen molar-refractivity contribution in [2.24, 2.45) is 13.0 Å². The molecule has 6 heterocycles. The second kappa shape index (κ2) is 28.2. The Balaban J connectivity index is 0.747. The number of hydrogen-bond donors (Lipinski definition) is 5. The Hall–Kier alpha value is -8.84. The summed E-state index contributed by atoms with van der Waals surface area (Å²) in [5.41, 5.74) is 2.57. The summed E-state index contributed by atoms with van der Waals surface area (Å²) in [6.07, 6.45) is 10.4. The second-order valence-corrected chi connectivity index (χ2v) is 27.0. The molecule has 2 aliphatic carbocycles. The number of pyridine rings is 2. The lowest BCUT2D eigenvalue weighted by atomic mass is 9.83. The molecule has 2 aliphatic heterocycles. The highest BCUT2D eigenvalue weighted by Gasteiger charge is 2.46. The van der Waals surface area contributed by atoms with E-state index in [0.717, 1.165) is 54.3 Å². The van der Waals surface area contributed by atoms with Crippen LogP contribution in [0, 0.1) is 11.7 Å². The smallest absolute Gasteiger partial charge is 0.410 e. The first-order valence-corrected chi connectivity index (χ1v) is 32.2. The number of carbonyl (C=O) groups excluding carboxylic acids is 6. The summed E-state index contributed by atoms with van der Waals surface area (Å²) >= 11 is 0. The number of likely N-dealkylation sites (N-methyl/N-ethyl adjacent to an activating group) is 1. The molecule has 5 atom stereocenters. The summed E-state index contributed by atoms with van der Waals surface area (Å²) in [4.78, 5) is 120. The summed E-state index contributed by atoms with van der Waals surface area (Å²) in [6, 6.07) is 12.2. The van der Waals surface area contributed by atoms with Crippen LogP contribution in [-0.4, -0.2) is 148 Å². The van der Waals surface area contributed by atoms with Crippen molar-refractivity contribution >= 4 is 57.9 Å². The van der Waals surface area contributed by atoms with Crippen LogP contribution >= 0.6 is 0 Å². The highest BCUT2D eigenvalue weighted by Crippen LogP contribution is 2.35. The molecule has 5 N–H and O–H groups in total. The highest BCUT2D eigenvalue weighted by atomic mass is 19.1. The Bertz CT molecular complexity index is 3940. The highest BCUT2D eigenvalue weighted by molar-refractivity contribution is 5.95. The Labute approximate surface area is 539 Å². The summed E-state index contributed by atoms with van der Waals surface area (Å²) < 4.78 is 31.1. The van der Waals surface area contributed by atoms with Gasteiger partial charge in [0.2, 0.25) is 29.5 Å². The van der Waals surface area contributed by atoms with Crippen LogP contribution in [-0.2, 0) is 72.0 Å². The minimum Gasteiger partial charge on any atom is -0.444 e. The van der Waals surface area contributed by atoms with Gasteiger partial charge in [0.05, 0.1) is 62.6 Å². The molecule has 93 heavy (non-hydrogen) atoms. The van der Waals surface area contributed by atoms with Gasteiger partial charge < -0.3 is 50.2 Å². The molecule has 25 heteroatoms. The average molecular weight is 1280 g/mol. The lowest BCUT2D eigenvalue weighted by molar-refractivity contribution is -0.143. The number of amides is 6. The zero-order valence-electron chi connectivity index (χ0n) is 54.6. The fraction of sp³-hybridized carbons (Fsp3) is 0.515. The van der Waals surface area contributed by atoms with E-state index in [-0.39, 0.29) is 109 Å². The van der Waals surface area contributed by atoms with Gasteiger partial charge in [0.25, 0.3) is 11.1 Å². The van der Waals surface area contributed by atoms with Crippen LogP contribution in [0.2, 0.25) is 0 Å². The zero-order valence-corrected chi connectivity index (χ0v) is 54.6. The van der Waals surface area contributed by atoms with Crippen molar-refractivity contribution in [3.63, 3.8) is 0 Å². The van der Waals surface area contributed by atoms with Crippen LogP contribution in [0.5, 0.6) is 0 Å². The van der Waals surface area contributed by atoms with Crippen LogP contribution in [0.15, 0.2) is 82.8 Å². The molecule has 0 unspecified atom stereocenters. The van der Waals surface area contributed by atoms with Crippen LogP contribution in [0.3, 0.4) is 0 Å². The molecule has 0 spiro atoms. The average Bonchev–Trinajstić information content (AvgIpc) is 0.950. The van der Waals surface area contributed by atoms with Crippen LogP contribution in [0.4, 0.5) is 20.7 Å². The largest absolute Gasteiger partial charge is 0.444 e. The number of nitrogens with one attached hydrogen (secondary N) is 4. The van der Waals surface area contributed by atoms with Crippen LogP contribution in [0.25, 0.3) is 27.7 Å². The van der Waals surface area contributed by atoms with Crippen molar-refractivity contribution in [2.75, 3.05) is 38.7 Å².